The standard InChI is InChI=1S/C14H19ClN2O3/c15-5-2-10-20-13-4-1-3-12(11-13)16-6-8-17(9-7-16)14(18)19/h1,3-4,11H,2,5-10H2,(H,18,19). The molecule has 0 unspecified atom stereocenters. The predicted molar refractivity (Wildman–Crippen MR) is 79.1 cm³/mol. The molecule has 1 aromatic carbocycles. The van der Waals surface area contributed by atoms with Gasteiger partial charge in [0.1, 0.15) is 5.75 Å². The molecule has 1 heterocycles. The zero-order valence-electron chi connectivity index (χ0n) is 11.3. The summed E-state index contributed by atoms with van der Waals surface area (Å²) in [6, 6.07) is 7.88. The maximum Gasteiger partial charge on any atom is 0.407 e. The lowest BCUT2D eigenvalue weighted by Gasteiger charge is -2.34. The first-order chi connectivity index (χ1) is 9.70. The minimum atomic E-state index is -0.845. The van der Waals surface area contributed by atoms with E-state index in [0.717, 1.165) is 17.9 Å². The van der Waals surface area contributed by atoms with Gasteiger partial charge in [0.25, 0.3) is 0 Å². The molecule has 20 heavy (non-hydrogen) atoms. The van der Waals surface area contributed by atoms with E-state index < -0.39 is 6.09 Å². The number of hydrogen-bond donors (Lipinski definition) is 1. The van der Waals surface area contributed by atoms with E-state index >= 15 is 0 Å². The smallest absolute Gasteiger partial charge is 0.407 e. The lowest BCUT2D eigenvalue weighted by Crippen LogP contribution is -2.48. The molecule has 1 N–H and O–H groups in total. The summed E-state index contributed by atoms with van der Waals surface area (Å²) >= 11 is 5.62. The molecule has 0 saturated carbocycles. The van der Waals surface area contributed by atoms with Crippen LogP contribution >= 0.6 is 11.6 Å². The van der Waals surface area contributed by atoms with Crippen LogP contribution in [0.4, 0.5) is 10.5 Å². The molecular formula is C14H19ClN2O3. The van der Waals surface area contributed by atoms with Gasteiger partial charge in [0.2, 0.25) is 0 Å². The Hall–Kier alpha value is -1.62. The first-order valence-corrected chi connectivity index (χ1v) is 7.26. The van der Waals surface area contributed by atoms with Crippen LogP contribution in [0.2, 0.25) is 0 Å². The molecule has 110 valence electrons. The number of carboxylic acid groups (broad SMARTS) is 1. The number of rotatable bonds is 5. The van der Waals surface area contributed by atoms with E-state index in [1.54, 1.807) is 0 Å². The van der Waals surface area contributed by atoms with Crippen molar-refractivity contribution in [2.45, 2.75) is 6.42 Å². The first kappa shape index (κ1) is 14.8. The Balaban J connectivity index is 1.92. The molecule has 0 radical (unpaired) electrons. The lowest BCUT2D eigenvalue weighted by atomic mass is 10.2. The molecule has 0 aromatic heterocycles. The number of carbonyl (C=O) groups is 1. The lowest BCUT2D eigenvalue weighted by molar-refractivity contribution is 0.142. The molecule has 1 aliphatic rings. The van der Waals surface area contributed by atoms with E-state index in [4.69, 9.17) is 21.4 Å². The third kappa shape index (κ3) is 3.93. The first-order valence-electron chi connectivity index (χ1n) is 6.72. The maximum absolute atomic E-state index is 10.9. The average molecular weight is 299 g/mol. The number of alkyl halides is 1. The van der Waals surface area contributed by atoms with Gasteiger partial charge in [-0.25, -0.2) is 4.79 Å². The minimum Gasteiger partial charge on any atom is -0.493 e. The largest absolute Gasteiger partial charge is 0.493 e. The van der Waals surface area contributed by atoms with Gasteiger partial charge in [0, 0.05) is 43.8 Å². The van der Waals surface area contributed by atoms with E-state index in [1.165, 1.54) is 4.90 Å². The minimum absolute atomic E-state index is 0.534. The molecule has 1 aliphatic heterocycles. The molecule has 1 amide bonds. The fourth-order valence-corrected chi connectivity index (χ4v) is 2.28. The van der Waals surface area contributed by atoms with Crippen LogP contribution < -0.4 is 9.64 Å². The highest BCUT2D eigenvalue weighted by atomic mass is 35.5. The van der Waals surface area contributed by atoms with Crippen LogP contribution in [0.3, 0.4) is 0 Å². The summed E-state index contributed by atoms with van der Waals surface area (Å²) in [6.07, 6.45) is -0.0221. The van der Waals surface area contributed by atoms with Crippen molar-refractivity contribution >= 4 is 23.4 Å². The van der Waals surface area contributed by atoms with Crippen LogP contribution in [-0.2, 0) is 0 Å². The monoisotopic (exact) mass is 298 g/mol. The quantitative estimate of drug-likeness (QED) is 0.670. The molecule has 2 rings (SSSR count). The highest BCUT2D eigenvalue weighted by Crippen LogP contribution is 2.22. The fraction of sp³-hybridized carbons (Fsp3) is 0.500. The summed E-state index contributed by atoms with van der Waals surface area (Å²) in [5.41, 5.74) is 1.07. The van der Waals surface area contributed by atoms with Gasteiger partial charge in [-0.1, -0.05) is 6.07 Å². The molecule has 0 bridgehead atoms. The van der Waals surface area contributed by atoms with Crippen LogP contribution in [0.25, 0.3) is 0 Å². The van der Waals surface area contributed by atoms with Crippen LogP contribution in [0.15, 0.2) is 24.3 Å². The molecule has 0 spiro atoms. The van der Waals surface area contributed by atoms with Gasteiger partial charge in [-0.15, -0.1) is 11.6 Å². The number of nitrogens with zero attached hydrogens (tertiary/aromatic N) is 2. The second-order valence-corrected chi connectivity index (χ2v) is 5.02. The van der Waals surface area contributed by atoms with Crippen molar-refractivity contribution in [3.63, 3.8) is 0 Å². The van der Waals surface area contributed by atoms with Crippen molar-refractivity contribution in [3.05, 3.63) is 24.3 Å². The van der Waals surface area contributed by atoms with Gasteiger partial charge in [0.05, 0.1) is 6.61 Å². The summed E-state index contributed by atoms with van der Waals surface area (Å²) in [5, 5.41) is 8.94. The summed E-state index contributed by atoms with van der Waals surface area (Å²) in [5.74, 6) is 1.42. The van der Waals surface area contributed by atoms with Crippen LogP contribution in [0.5, 0.6) is 5.75 Å². The van der Waals surface area contributed by atoms with Gasteiger partial charge in [-0.3, -0.25) is 0 Å². The Morgan fingerprint density at radius 3 is 2.70 bits per heavy atom. The van der Waals surface area contributed by atoms with Crippen LogP contribution in [0, 0.1) is 0 Å². The van der Waals surface area contributed by atoms with Gasteiger partial charge in [-0.05, 0) is 18.6 Å². The number of hydrogen-bond acceptors (Lipinski definition) is 3. The van der Waals surface area contributed by atoms with Crippen molar-refractivity contribution in [2.75, 3.05) is 43.6 Å². The van der Waals surface area contributed by atoms with E-state index in [2.05, 4.69) is 4.90 Å². The third-order valence-electron chi connectivity index (χ3n) is 3.28. The van der Waals surface area contributed by atoms with Gasteiger partial charge in [-0.2, -0.15) is 0 Å². The Kier molecular flexibility index (Phi) is 5.35. The predicted octanol–water partition coefficient (Wildman–Crippen LogP) is 2.49. The Morgan fingerprint density at radius 2 is 2.05 bits per heavy atom. The number of piperazine rings is 1. The molecule has 6 heteroatoms. The van der Waals surface area contributed by atoms with Crippen molar-refractivity contribution in [1.29, 1.82) is 0 Å². The summed E-state index contributed by atoms with van der Waals surface area (Å²) in [4.78, 5) is 14.5. The van der Waals surface area contributed by atoms with E-state index in [1.807, 2.05) is 24.3 Å². The second-order valence-electron chi connectivity index (χ2n) is 4.65. The molecular weight excluding hydrogens is 280 g/mol. The summed E-state index contributed by atoms with van der Waals surface area (Å²) in [6.45, 7) is 3.09. The van der Waals surface area contributed by atoms with Crippen molar-refractivity contribution < 1.29 is 14.6 Å². The van der Waals surface area contributed by atoms with E-state index in [0.29, 0.717) is 38.7 Å². The van der Waals surface area contributed by atoms with Gasteiger partial charge in [0.15, 0.2) is 0 Å². The second kappa shape index (κ2) is 7.24. The normalized spacial score (nSPS) is 15.2. The SMILES string of the molecule is O=C(O)N1CCN(c2cccc(OCCCCl)c2)CC1. The number of halogens is 1. The zero-order chi connectivity index (χ0) is 14.4. The van der Waals surface area contributed by atoms with Gasteiger partial charge < -0.3 is 19.6 Å². The third-order valence-corrected chi connectivity index (χ3v) is 3.55. The van der Waals surface area contributed by atoms with Crippen molar-refractivity contribution in [2.24, 2.45) is 0 Å². The van der Waals surface area contributed by atoms with Crippen LogP contribution in [-0.4, -0.2) is 54.8 Å². The van der Waals surface area contributed by atoms with Gasteiger partial charge >= 0.3 is 6.09 Å². The maximum atomic E-state index is 10.9. The van der Waals surface area contributed by atoms with Crippen molar-refractivity contribution in [3.8, 4) is 5.75 Å². The molecule has 0 aliphatic carbocycles. The summed E-state index contributed by atoms with van der Waals surface area (Å²) in [7, 11) is 0. The van der Waals surface area contributed by atoms with Crippen molar-refractivity contribution in [1.82, 2.24) is 4.90 Å². The Labute approximate surface area is 123 Å². The topological polar surface area (TPSA) is 53.0 Å². The summed E-state index contributed by atoms with van der Waals surface area (Å²) < 4.78 is 5.62. The van der Waals surface area contributed by atoms with Crippen LogP contribution in [0.1, 0.15) is 6.42 Å². The number of ether oxygens (including phenoxy) is 1. The Bertz CT molecular complexity index is 448. The fourth-order valence-electron chi connectivity index (χ4n) is 2.17. The molecule has 1 fully saturated rings. The number of amides is 1. The van der Waals surface area contributed by atoms with E-state index in [9.17, 15) is 4.79 Å². The average Bonchev–Trinajstić information content (AvgIpc) is 2.48. The molecule has 5 nitrogen and oxygen atoms in total. The van der Waals surface area contributed by atoms with E-state index in [-0.39, 0.29) is 0 Å². The molecule has 0 atom stereocenters. The molecule has 1 aromatic rings. The highest BCUT2D eigenvalue weighted by molar-refractivity contribution is 6.17. The zero-order valence-corrected chi connectivity index (χ0v) is 12.1. The number of anilines is 1. The molecule has 1 saturated heterocycles. The highest BCUT2D eigenvalue weighted by Gasteiger charge is 2.20. The number of benzene rings is 1. The Morgan fingerprint density at radius 1 is 1.30 bits per heavy atom.